The first-order valence-electron chi connectivity index (χ1n) is 7.76. The second-order valence-corrected chi connectivity index (χ2v) is 5.81. The van der Waals surface area contributed by atoms with Crippen molar-refractivity contribution in [1.29, 1.82) is 0 Å². The number of aromatic nitrogens is 3. The number of carbonyl (C=O) groups is 1. The molecule has 3 aromatic rings. The first-order chi connectivity index (χ1) is 12.0. The van der Waals surface area contributed by atoms with Crippen molar-refractivity contribution >= 4 is 11.7 Å². The minimum Gasteiger partial charge on any atom is -0.466 e. The zero-order chi connectivity index (χ0) is 17.7. The van der Waals surface area contributed by atoms with Crippen LogP contribution < -0.4 is 10.6 Å². The number of hydrogen-bond acceptors (Lipinski definition) is 5. The van der Waals surface area contributed by atoms with Gasteiger partial charge in [0.15, 0.2) is 0 Å². The molecule has 0 fully saturated rings. The van der Waals surface area contributed by atoms with Crippen molar-refractivity contribution in [2.45, 2.75) is 19.1 Å². The number of carbonyl (C=O) groups excluding carboxylic acids is 1. The highest BCUT2D eigenvalue weighted by Crippen LogP contribution is 2.20. The van der Waals surface area contributed by atoms with Crippen molar-refractivity contribution in [2.24, 2.45) is 0 Å². The number of para-hydroxylation sites is 1. The van der Waals surface area contributed by atoms with Crippen LogP contribution in [-0.4, -0.2) is 32.4 Å². The van der Waals surface area contributed by atoms with Gasteiger partial charge in [0.05, 0.1) is 19.4 Å². The van der Waals surface area contributed by atoms with Gasteiger partial charge in [0, 0.05) is 5.69 Å². The van der Waals surface area contributed by atoms with Gasteiger partial charge in [0.1, 0.15) is 24.0 Å². The fourth-order valence-electron chi connectivity index (χ4n) is 2.36. The molecule has 0 saturated heterocycles. The van der Waals surface area contributed by atoms with E-state index in [1.54, 1.807) is 36.1 Å². The molecule has 2 heterocycles. The Morgan fingerprint density at radius 1 is 1.32 bits per heavy atom. The van der Waals surface area contributed by atoms with Gasteiger partial charge in [-0.1, -0.05) is 18.2 Å². The fourth-order valence-corrected chi connectivity index (χ4v) is 2.36. The van der Waals surface area contributed by atoms with Crippen LogP contribution in [0.4, 0.5) is 10.5 Å². The van der Waals surface area contributed by atoms with Gasteiger partial charge >= 0.3 is 6.03 Å². The molecule has 1 aromatic carbocycles. The minimum atomic E-state index is -1.29. The van der Waals surface area contributed by atoms with Crippen LogP contribution in [0.2, 0.25) is 0 Å². The van der Waals surface area contributed by atoms with Gasteiger partial charge in [-0.2, -0.15) is 5.10 Å². The van der Waals surface area contributed by atoms with Crippen LogP contribution in [0.1, 0.15) is 18.2 Å². The average molecular weight is 341 g/mol. The van der Waals surface area contributed by atoms with Crippen LogP contribution in [0.3, 0.4) is 0 Å². The Morgan fingerprint density at radius 2 is 2.16 bits per heavy atom. The van der Waals surface area contributed by atoms with Crippen molar-refractivity contribution in [3.63, 3.8) is 0 Å². The summed E-state index contributed by atoms with van der Waals surface area (Å²) in [5, 5.41) is 19.9. The molecule has 8 nitrogen and oxygen atoms in total. The van der Waals surface area contributed by atoms with Crippen molar-refractivity contribution in [2.75, 3.05) is 11.9 Å². The maximum absolute atomic E-state index is 12.2. The number of aliphatic hydroxyl groups is 1. The summed E-state index contributed by atoms with van der Waals surface area (Å²) in [6.07, 6.45) is 4.54. The Morgan fingerprint density at radius 3 is 2.88 bits per heavy atom. The molecule has 130 valence electrons. The molecule has 2 aromatic heterocycles. The van der Waals surface area contributed by atoms with Gasteiger partial charge in [0.25, 0.3) is 0 Å². The molecule has 0 bridgehead atoms. The standard InChI is InChI=1S/C17H19N5O3/c1-17(24,15-7-4-8-25-15)10-19-16(23)21-14-6-3-2-5-13(14)9-22-12-18-11-20-22/h2-8,11-12,24H,9-10H2,1H3,(H2,19,21,23). The molecule has 3 rings (SSSR count). The molecule has 0 aliphatic carbocycles. The number of furan rings is 1. The Balaban J connectivity index is 1.61. The number of urea groups is 1. The number of amides is 2. The van der Waals surface area contributed by atoms with E-state index < -0.39 is 11.6 Å². The van der Waals surface area contributed by atoms with Crippen molar-refractivity contribution in [3.05, 3.63) is 66.6 Å². The zero-order valence-corrected chi connectivity index (χ0v) is 13.7. The average Bonchev–Trinajstić information content (AvgIpc) is 3.29. The van der Waals surface area contributed by atoms with Crippen LogP contribution in [0.15, 0.2) is 59.7 Å². The fraction of sp³-hybridized carbons (Fsp3) is 0.235. The third-order valence-corrected chi connectivity index (χ3v) is 3.71. The summed E-state index contributed by atoms with van der Waals surface area (Å²) < 4.78 is 6.86. The summed E-state index contributed by atoms with van der Waals surface area (Å²) in [5.74, 6) is 0.388. The smallest absolute Gasteiger partial charge is 0.319 e. The Kier molecular flexibility index (Phi) is 4.80. The lowest BCUT2D eigenvalue weighted by molar-refractivity contribution is 0.0372. The normalized spacial score (nSPS) is 13.2. The second-order valence-electron chi connectivity index (χ2n) is 5.81. The van der Waals surface area contributed by atoms with Gasteiger partial charge in [0.2, 0.25) is 0 Å². The summed E-state index contributed by atoms with van der Waals surface area (Å²) in [7, 11) is 0. The van der Waals surface area contributed by atoms with Gasteiger partial charge in [-0.25, -0.2) is 14.5 Å². The van der Waals surface area contributed by atoms with Crippen molar-refractivity contribution in [3.8, 4) is 0 Å². The molecule has 0 radical (unpaired) electrons. The molecule has 0 spiro atoms. The van der Waals surface area contributed by atoms with Crippen LogP contribution >= 0.6 is 0 Å². The Hall–Kier alpha value is -3.13. The Bertz CT molecular complexity index is 813. The summed E-state index contributed by atoms with van der Waals surface area (Å²) in [6, 6.07) is 10.3. The van der Waals surface area contributed by atoms with Crippen LogP contribution in [-0.2, 0) is 12.1 Å². The van der Waals surface area contributed by atoms with Crippen molar-refractivity contribution < 1.29 is 14.3 Å². The van der Waals surface area contributed by atoms with E-state index >= 15 is 0 Å². The molecule has 1 unspecified atom stereocenters. The maximum atomic E-state index is 12.2. The summed E-state index contributed by atoms with van der Waals surface area (Å²) in [6.45, 7) is 2.07. The van der Waals surface area contributed by atoms with Crippen molar-refractivity contribution in [1.82, 2.24) is 20.1 Å². The molecular formula is C17H19N5O3. The molecule has 0 aliphatic rings. The van der Waals surface area contributed by atoms with Gasteiger partial charge in [-0.05, 0) is 30.7 Å². The third kappa shape index (κ3) is 4.24. The van der Waals surface area contributed by atoms with Crippen LogP contribution in [0, 0.1) is 0 Å². The molecule has 3 N–H and O–H groups in total. The van der Waals surface area contributed by atoms with Gasteiger partial charge in [-0.15, -0.1) is 0 Å². The first-order valence-corrected chi connectivity index (χ1v) is 7.76. The lowest BCUT2D eigenvalue weighted by Crippen LogP contribution is -2.40. The van der Waals surface area contributed by atoms with E-state index in [1.807, 2.05) is 18.2 Å². The van der Waals surface area contributed by atoms with E-state index in [1.165, 1.54) is 12.6 Å². The zero-order valence-electron chi connectivity index (χ0n) is 13.7. The summed E-state index contributed by atoms with van der Waals surface area (Å²) in [5.41, 5.74) is 0.259. The van der Waals surface area contributed by atoms with Gasteiger partial charge < -0.3 is 20.2 Å². The maximum Gasteiger partial charge on any atom is 0.319 e. The SMILES string of the molecule is CC(O)(CNC(=O)Nc1ccccc1Cn1cncn1)c1ccco1. The number of nitrogens with zero attached hydrogens (tertiary/aromatic N) is 3. The monoisotopic (exact) mass is 341 g/mol. The molecule has 0 saturated carbocycles. The van der Waals surface area contributed by atoms with E-state index in [-0.39, 0.29) is 6.54 Å². The lowest BCUT2D eigenvalue weighted by Gasteiger charge is -2.21. The van der Waals surface area contributed by atoms with E-state index in [0.29, 0.717) is 18.0 Å². The topological polar surface area (TPSA) is 105 Å². The third-order valence-electron chi connectivity index (χ3n) is 3.71. The number of anilines is 1. The molecule has 2 amide bonds. The molecule has 8 heteroatoms. The van der Waals surface area contributed by atoms with E-state index in [2.05, 4.69) is 20.7 Å². The molecule has 25 heavy (non-hydrogen) atoms. The number of nitrogens with one attached hydrogen (secondary N) is 2. The van der Waals surface area contributed by atoms with E-state index in [4.69, 9.17) is 4.42 Å². The highest BCUT2D eigenvalue weighted by atomic mass is 16.4. The quantitative estimate of drug-likeness (QED) is 0.635. The molecular weight excluding hydrogens is 322 g/mol. The second kappa shape index (κ2) is 7.18. The van der Waals surface area contributed by atoms with Crippen LogP contribution in [0.25, 0.3) is 0 Å². The lowest BCUT2D eigenvalue weighted by atomic mass is 10.0. The van der Waals surface area contributed by atoms with E-state index in [0.717, 1.165) is 5.56 Å². The predicted molar refractivity (Wildman–Crippen MR) is 90.9 cm³/mol. The summed E-state index contributed by atoms with van der Waals surface area (Å²) >= 11 is 0. The Labute approximate surface area is 144 Å². The van der Waals surface area contributed by atoms with Crippen LogP contribution in [0.5, 0.6) is 0 Å². The highest BCUT2D eigenvalue weighted by molar-refractivity contribution is 5.90. The summed E-state index contributed by atoms with van der Waals surface area (Å²) in [4.78, 5) is 16.1. The predicted octanol–water partition coefficient (Wildman–Crippen LogP) is 1.95. The number of rotatable bonds is 6. The van der Waals surface area contributed by atoms with E-state index in [9.17, 15) is 9.90 Å². The number of hydrogen-bond donors (Lipinski definition) is 3. The largest absolute Gasteiger partial charge is 0.466 e. The molecule has 0 aliphatic heterocycles. The molecule has 1 atom stereocenters. The first kappa shape index (κ1) is 16.7. The highest BCUT2D eigenvalue weighted by Gasteiger charge is 2.26. The number of benzene rings is 1. The minimum absolute atomic E-state index is 0.0115. The van der Waals surface area contributed by atoms with Gasteiger partial charge in [-0.3, -0.25) is 0 Å².